The second-order valence-electron chi connectivity index (χ2n) is 8.66. The highest BCUT2D eigenvalue weighted by Gasteiger charge is 2.17. The van der Waals surface area contributed by atoms with Crippen molar-refractivity contribution in [2.75, 3.05) is 39.4 Å². The van der Waals surface area contributed by atoms with Crippen LogP contribution in [0.1, 0.15) is 17.5 Å². The van der Waals surface area contributed by atoms with Gasteiger partial charge >= 0.3 is 5.63 Å². The van der Waals surface area contributed by atoms with E-state index in [0.717, 1.165) is 60.3 Å². The Bertz CT molecular complexity index is 1370. The van der Waals surface area contributed by atoms with Crippen LogP contribution in [0.4, 0.5) is 0 Å². The SMILES string of the molecule is Cc1c(CCC(=O)NCCN2CCOCC2)c(=O)oc2cc3occ(-c4ccccc4)c3cc12. The Hall–Kier alpha value is -3.42. The molecule has 0 unspecified atom stereocenters. The maximum atomic E-state index is 12.7. The molecule has 0 aliphatic carbocycles. The number of carbonyl (C=O) groups excluding carboxylic acids is 1. The number of hydrogen-bond acceptors (Lipinski definition) is 6. The van der Waals surface area contributed by atoms with Gasteiger partial charge in [-0.2, -0.15) is 0 Å². The van der Waals surface area contributed by atoms with Crippen molar-refractivity contribution in [1.29, 1.82) is 0 Å². The highest BCUT2D eigenvalue weighted by atomic mass is 16.5. The number of fused-ring (bicyclic) bond motifs is 2. The molecule has 1 aliphatic heterocycles. The summed E-state index contributed by atoms with van der Waals surface area (Å²) in [6, 6.07) is 13.8. The molecule has 4 aromatic rings. The van der Waals surface area contributed by atoms with Gasteiger partial charge in [0.25, 0.3) is 0 Å². The number of furan rings is 1. The van der Waals surface area contributed by atoms with E-state index in [-0.39, 0.29) is 12.3 Å². The molecule has 176 valence electrons. The van der Waals surface area contributed by atoms with Crippen LogP contribution in [0.25, 0.3) is 33.1 Å². The van der Waals surface area contributed by atoms with Crippen LogP contribution in [0.3, 0.4) is 0 Å². The fourth-order valence-corrected chi connectivity index (χ4v) is 4.55. The predicted octanol–water partition coefficient (Wildman–Crippen LogP) is 3.90. The number of hydrogen-bond donors (Lipinski definition) is 1. The Morgan fingerprint density at radius 2 is 1.85 bits per heavy atom. The van der Waals surface area contributed by atoms with Gasteiger partial charge in [-0.05, 0) is 30.5 Å². The maximum Gasteiger partial charge on any atom is 0.339 e. The molecule has 1 aliphatic rings. The molecule has 0 atom stereocenters. The normalized spacial score (nSPS) is 14.6. The lowest BCUT2D eigenvalue weighted by atomic mass is 9.99. The summed E-state index contributed by atoms with van der Waals surface area (Å²) in [4.78, 5) is 27.4. The summed E-state index contributed by atoms with van der Waals surface area (Å²) < 4.78 is 16.7. The number of amides is 1. The lowest BCUT2D eigenvalue weighted by molar-refractivity contribution is -0.121. The third-order valence-corrected chi connectivity index (χ3v) is 6.52. The number of carbonyl (C=O) groups is 1. The largest absolute Gasteiger partial charge is 0.464 e. The molecule has 34 heavy (non-hydrogen) atoms. The van der Waals surface area contributed by atoms with Crippen LogP contribution in [0, 0.1) is 6.92 Å². The van der Waals surface area contributed by atoms with Gasteiger partial charge in [0.1, 0.15) is 11.2 Å². The molecular formula is C27H28N2O5. The van der Waals surface area contributed by atoms with Crippen molar-refractivity contribution in [2.45, 2.75) is 19.8 Å². The quantitative estimate of drug-likeness (QED) is 0.421. The summed E-state index contributed by atoms with van der Waals surface area (Å²) in [5.41, 5.74) is 4.19. The topological polar surface area (TPSA) is 84.9 Å². The summed E-state index contributed by atoms with van der Waals surface area (Å²) in [6.45, 7) is 6.57. The number of nitrogens with one attached hydrogen (secondary N) is 1. The van der Waals surface area contributed by atoms with E-state index in [9.17, 15) is 9.59 Å². The number of morpholine rings is 1. The van der Waals surface area contributed by atoms with Crippen LogP contribution < -0.4 is 10.9 Å². The first-order valence-corrected chi connectivity index (χ1v) is 11.7. The maximum absolute atomic E-state index is 12.7. The van der Waals surface area contributed by atoms with Crippen LogP contribution in [0.15, 0.2) is 62.4 Å². The Morgan fingerprint density at radius 1 is 1.06 bits per heavy atom. The average Bonchev–Trinajstić information content (AvgIpc) is 3.27. The Labute approximate surface area is 197 Å². The minimum absolute atomic E-state index is 0.0659. The molecule has 0 radical (unpaired) electrons. The molecule has 2 aromatic heterocycles. The fraction of sp³-hybridized carbons (Fsp3) is 0.333. The van der Waals surface area contributed by atoms with Gasteiger partial charge in [0.15, 0.2) is 0 Å². The van der Waals surface area contributed by atoms with E-state index in [1.165, 1.54) is 0 Å². The zero-order valence-corrected chi connectivity index (χ0v) is 19.3. The monoisotopic (exact) mass is 460 g/mol. The molecule has 7 nitrogen and oxygen atoms in total. The van der Waals surface area contributed by atoms with E-state index in [1.807, 2.05) is 43.3 Å². The van der Waals surface area contributed by atoms with Gasteiger partial charge in [0, 0.05) is 60.6 Å². The zero-order chi connectivity index (χ0) is 23.5. The van der Waals surface area contributed by atoms with E-state index in [0.29, 0.717) is 29.7 Å². The van der Waals surface area contributed by atoms with Crippen molar-refractivity contribution in [3.05, 3.63) is 70.3 Å². The summed E-state index contributed by atoms with van der Waals surface area (Å²) in [6.07, 6.45) is 2.31. The summed E-state index contributed by atoms with van der Waals surface area (Å²) in [5, 5.41) is 4.77. The first-order valence-electron chi connectivity index (χ1n) is 11.7. The number of benzene rings is 2. The van der Waals surface area contributed by atoms with Crippen LogP contribution in [-0.2, 0) is 16.0 Å². The molecule has 0 spiro atoms. The van der Waals surface area contributed by atoms with E-state index in [4.69, 9.17) is 13.6 Å². The van der Waals surface area contributed by atoms with Crippen LogP contribution in [-0.4, -0.2) is 50.2 Å². The van der Waals surface area contributed by atoms with Crippen molar-refractivity contribution < 1.29 is 18.4 Å². The van der Waals surface area contributed by atoms with Gasteiger partial charge in [-0.25, -0.2) is 4.79 Å². The van der Waals surface area contributed by atoms with E-state index in [1.54, 1.807) is 12.3 Å². The number of rotatable bonds is 7. The highest BCUT2D eigenvalue weighted by Crippen LogP contribution is 2.34. The number of ether oxygens (including phenoxy) is 1. The second-order valence-corrected chi connectivity index (χ2v) is 8.66. The summed E-state index contributed by atoms with van der Waals surface area (Å²) >= 11 is 0. The fourth-order valence-electron chi connectivity index (χ4n) is 4.55. The first-order chi connectivity index (χ1) is 16.6. The molecule has 1 amide bonds. The minimum Gasteiger partial charge on any atom is -0.464 e. The van der Waals surface area contributed by atoms with Crippen molar-refractivity contribution in [1.82, 2.24) is 10.2 Å². The number of aryl methyl sites for hydroxylation is 1. The average molecular weight is 461 g/mol. The third-order valence-electron chi connectivity index (χ3n) is 6.52. The third kappa shape index (κ3) is 4.62. The Balaban J connectivity index is 1.33. The Morgan fingerprint density at radius 3 is 2.65 bits per heavy atom. The standard InChI is InChI=1S/C27H28N2O5/c1-18-20(7-8-26(30)28-9-10-29-11-13-32-14-12-29)27(31)34-25-16-24-22(15-21(18)25)23(17-33-24)19-5-3-2-4-6-19/h2-6,15-17H,7-14H2,1H3,(H,28,30). The van der Waals surface area contributed by atoms with E-state index < -0.39 is 5.63 Å². The van der Waals surface area contributed by atoms with Crippen molar-refractivity contribution in [2.24, 2.45) is 0 Å². The molecule has 0 bridgehead atoms. The molecule has 5 rings (SSSR count). The zero-order valence-electron chi connectivity index (χ0n) is 19.3. The molecule has 1 fully saturated rings. The molecule has 2 aromatic carbocycles. The molecule has 7 heteroatoms. The van der Waals surface area contributed by atoms with Gasteiger partial charge in [-0.15, -0.1) is 0 Å². The summed E-state index contributed by atoms with van der Waals surface area (Å²) in [7, 11) is 0. The van der Waals surface area contributed by atoms with Crippen LogP contribution >= 0.6 is 0 Å². The second kappa shape index (κ2) is 9.83. The predicted molar refractivity (Wildman–Crippen MR) is 131 cm³/mol. The number of nitrogens with zero attached hydrogens (tertiary/aromatic N) is 1. The summed E-state index contributed by atoms with van der Waals surface area (Å²) in [5.74, 6) is -0.0659. The van der Waals surface area contributed by atoms with Crippen LogP contribution in [0.2, 0.25) is 0 Å². The molecule has 3 heterocycles. The van der Waals surface area contributed by atoms with Gasteiger partial charge in [0.05, 0.1) is 19.5 Å². The van der Waals surface area contributed by atoms with Crippen molar-refractivity contribution >= 4 is 27.8 Å². The minimum atomic E-state index is -0.402. The van der Waals surface area contributed by atoms with Gasteiger partial charge in [-0.3, -0.25) is 9.69 Å². The van der Waals surface area contributed by atoms with Gasteiger partial charge < -0.3 is 18.9 Å². The van der Waals surface area contributed by atoms with E-state index >= 15 is 0 Å². The van der Waals surface area contributed by atoms with Crippen molar-refractivity contribution in [3.63, 3.8) is 0 Å². The van der Waals surface area contributed by atoms with E-state index in [2.05, 4.69) is 10.2 Å². The smallest absolute Gasteiger partial charge is 0.339 e. The van der Waals surface area contributed by atoms with Gasteiger partial charge in [-0.1, -0.05) is 30.3 Å². The van der Waals surface area contributed by atoms with Gasteiger partial charge in [0.2, 0.25) is 5.91 Å². The highest BCUT2D eigenvalue weighted by molar-refractivity contribution is 6.02. The van der Waals surface area contributed by atoms with Crippen LogP contribution in [0.5, 0.6) is 0 Å². The molecular weight excluding hydrogens is 432 g/mol. The molecule has 0 saturated carbocycles. The molecule has 1 N–H and O–H groups in total. The van der Waals surface area contributed by atoms with Crippen molar-refractivity contribution in [3.8, 4) is 11.1 Å². The lowest BCUT2D eigenvalue weighted by Gasteiger charge is -2.26. The molecule has 1 saturated heterocycles. The lowest BCUT2D eigenvalue weighted by Crippen LogP contribution is -2.41. The Kier molecular flexibility index (Phi) is 6.47. The first kappa shape index (κ1) is 22.4.